The highest BCUT2D eigenvalue weighted by molar-refractivity contribution is 6.01. The predicted molar refractivity (Wildman–Crippen MR) is 87.9 cm³/mol. The average Bonchev–Trinajstić information content (AvgIpc) is 3.03. The van der Waals surface area contributed by atoms with Gasteiger partial charge in [0.05, 0.1) is 25.0 Å². The Balaban J connectivity index is 1.82. The fourth-order valence-electron chi connectivity index (χ4n) is 3.44. The molecule has 2 aliphatic heterocycles. The highest BCUT2D eigenvalue weighted by Gasteiger charge is 2.46. The summed E-state index contributed by atoms with van der Waals surface area (Å²) >= 11 is 0. The Morgan fingerprint density at radius 2 is 2.08 bits per heavy atom. The number of aryl methyl sites for hydroxylation is 1. The maximum Gasteiger partial charge on any atom is 0.258 e. The number of methoxy groups -OCH3 is 1. The van der Waals surface area contributed by atoms with Crippen LogP contribution in [0.4, 0.5) is 0 Å². The SMILES string of the molecule is COCCN1CCN2C(=O)C(C)N(C(=O)c3ccoc3C)CC2C1=O. The second-order valence-corrected chi connectivity index (χ2v) is 6.39. The molecule has 1 aromatic heterocycles. The lowest BCUT2D eigenvalue weighted by Gasteiger charge is -2.48. The molecule has 8 nitrogen and oxygen atoms in total. The number of ether oxygens (including phenoxy) is 1. The van der Waals surface area contributed by atoms with Crippen LogP contribution in [0.15, 0.2) is 16.7 Å². The lowest BCUT2D eigenvalue weighted by atomic mass is 10.0. The van der Waals surface area contributed by atoms with Crippen LogP contribution in [-0.4, -0.2) is 84.4 Å². The molecule has 0 saturated carbocycles. The van der Waals surface area contributed by atoms with Gasteiger partial charge in [0.25, 0.3) is 5.91 Å². The lowest BCUT2D eigenvalue weighted by Crippen LogP contribution is -2.70. The fraction of sp³-hybridized carbons (Fsp3) is 0.588. The quantitative estimate of drug-likeness (QED) is 0.771. The average molecular weight is 349 g/mol. The molecule has 136 valence electrons. The summed E-state index contributed by atoms with van der Waals surface area (Å²) in [5.41, 5.74) is 0.424. The fourth-order valence-corrected chi connectivity index (χ4v) is 3.44. The van der Waals surface area contributed by atoms with Gasteiger partial charge < -0.3 is 23.9 Å². The molecule has 3 rings (SSSR count). The van der Waals surface area contributed by atoms with Gasteiger partial charge >= 0.3 is 0 Å². The number of hydrogen-bond donors (Lipinski definition) is 0. The number of carbonyl (C=O) groups excluding carboxylic acids is 3. The second-order valence-electron chi connectivity index (χ2n) is 6.39. The van der Waals surface area contributed by atoms with E-state index in [1.807, 2.05) is 0 Å². The van der Waals surface area contributed by atoms with E-state index in [-0.39, 0.29) is 24.3 Å². The first kappa shape index (κ1) is 17.5. The van der Waals surface area contributed by atoms with E-state index >= 15 is 0 Å². The first-order valence-corrected chi connectivity index (χ1v) is 8.39. The number of rotatable bonds is 4. The molecule has 0 radical (unpaired) electrons. The highest BCUT2D eigenvalue weighted by atomic mass is 16.5. The van der Waals surface area contributed by atoms with E-state index in [0.717, 1.165) is 0 Å². The summed E-state index contributed by atoms with van der Waals surface area (Å²) < 4.78 is 10.2. The van der Waals surface area contributed by atoms with Crippen molar-refractivity contribution >= 4 is 17.7 Å². The van der Waals surface area contributed by atoms with Crippen molar-refractivity contribution in [2.75, 3.05) is 39.9 Å². The van der Waals surface area contributed by atoms with Crippen molar-refractivity contribution < 1.29 is 23.5 Å². The summed E-state index contributed by atoms with van der Waals surface area (Å²) in [6, 6.07) is 0.358. The van der Waals surface area contributed by atoms with Crippen LogP contribution in [0.5, 0.6) is 0 Å². The molecule has 0 aromatic carbocycles. The number of nitrogens with zero attached hydrogens (tertiary/aromatic N) is 3. The zero-order valence-corrected chi connectivity index (χ0v) is 14.7. The van der Waals surface area contributed by atoms with Crippen LogP contribution < -0.4 is 0 Å². The molecule has 2 unspecified atom stereocenters. The van der Waals surface area contributed by atoms with Gasteiger partial charge in [0.2, 0.25) is 11.8 Å². The van der Waals surface area contributed by atoms with Crippen LogP contribution in [0, 0.1) is 6.92 Å². The third-order valence-corrected chi connectivity index (χ3v) is 4.98. The Bertz CT molecular complexity index is 686. The maximum absolute atomic E-state index is 12.8. The van der Waals surface area contributed by atoms with E-state index in [0.29, 0.717) is 37.6 Å². The van der Waals surface area contributed by atoms with Gasteiger partial charge in [-0.2, -0.15) is 0 Å². The molecule has 0 bridgehead atoms. The maximum atomic E-state index is 12.8. The predicted octanol–water partition coefficient (Wildman–Crippen LogP) is 0.118. The van der Waals surface area contributed by atoms with Crippen molar-refractivity contribution in [1.82, 2.24) is 14.7 Å². The summed E-state index contributed by atoms with van der Waals surface area (Å²) in [6.07, 6.45) is 1.45. The van der Waals surface area contributed by atoms with Gasteiger partial charge in [-0.05, 0) is 19.9 Å². The van der Waals surface area contributed by atoms with Crippen LogP contribution in [0.1, 0.15) is 23.0 Å². The molecule has 3 amide bonds. The van der Waals surface area contributed by atoms with E-state index < -0.39 is 12.1 Å². The number of furan rings is 1. The first-order valence-electron chi connectivity index (χ1n) is 8.39. The molecule has 0 spiro atoms. The summed E-state index contributed by atoms with van der Waals surface area (Å²) in [7, 11) is 1.58. The van der Waals surface area contributed by atoms with E-state index in [1.165, 1.54) is 11.2 Å². The minimum atomic E-state index is -0.634. The molecule has 3 heterocycles. The molecule has 2 atom stereocenters. The van der Waals surface area contributed by atoms with Crippen LogP contribution in [-0.2, 0) is 14.3 Å². The molecule has 8 heteroatoms. The molecular weight excluding hydrogens is 326 g/mol. The summed E-state index contributed by atoms with van der Waals surface area (Å²) in [4.78, 5) is 43.1. The number of carbonyl (C=O) groups is 3. The summed E-state index contributed by atoms with van der Waals surface area (Å²) in [5, 5.41) is 0. The number of hydrogen-bond acceptors (Lipinski definition) is 5. The van der Waals surface area contributed by atoms with Gasteiger partial charge in [0.1, 0.15) is 17.8 Å². The highest BCUT2D eigenvalue weighted by Crippen LogP contribution is 2.24. The van der Waals surface area contributed by atoms with Crippen LogP contribution in [0.25, 0.3) is 0 Å². The van der Waals surface area contributed by atoms with Crippen molar-refractivity contribution in [2.24, 2.45) is 0 Å². The van der Waals surface area contributed by atoms with Crippen molar-refractivity contribution in [2.45, 2.75) is 25.9 Å². The molecule has 2 fully saturated rings. The molecule has 1 aromatic rings. The van der Waals surface area contributed by atoms with Crippen LogP contribution in [0.3, 0.4) is 0 Å². The number of piperazine rings is 2. The summed E-state index contributed by atoms with van der Waals surface area (Å²) in [5.74, 6) is -0.104. The Morgan fingerprint density at radius 1 is 1.32 bits per heavy atom. The Labute approximate surface area is 146 Å². The summed E-state index contributed by atoms with van der Waals surface area (Å²) in [6.45, 7) is 5.50. The van der Waals surface area contributed by atoms with E-state index in [4.69, 9.17) is 9.15 Å². The Hall–Kier alpha value is -2.35. The third-order valence-electron chi connectivity index (χ3n) is 4.98. The number of fused-ring (bicyclic) bond motifs is 1. The largest absolute Gasteiger partial charge is 0.469 e. The molecule has 0 N–H and O–H groups in total. The van der Waals surface area contributed by atoms with Crippen molar-refractivity contribution in [3.05, 3.63) is 23.7 Å². The van der Waals surface area contributed by atoms with Gasteiger partial charge in [-0.3, -0.25) is 14.4 Å². The zero-order chi connectivity index (χ0) is 18.1. The smallest absolute Gasteiger partial charge is 0.258 e. The molecular formula is C17H23N3O5. The minimum Gasteiger partial charge on any atom is -0.469 e. The van der Waals surface area contributed by atoms with Gasteiger partial charge in [-0.25, -0.2) is 0 Å². The van der Waals surface area contributed by atoms with Crippen LogP contribution in [0.2, 0.25) is 0 Å². The monoisotopic (exact) mass is 349 g/mol. The van der Waals surface area contributed by atoms with E-state index in [2.05, 4.69) is 0 Å². The molecule has 2 aliphatic rings. The molecule has 25 heavy (non-hydrogen) atoms. The van der Waals surface area contributed by atoms with Gasteiger partial charge in [-0.1, -0.05) is 0 Å². The Morgan fingerprint density at radius 3 is 2.72 bits per heavy atom. The third kappa shape index (κ3) is 3.02. The van der Waals surface area contributed by atoms with Gasteiger partial charge in [0, 0.05) is 26.7 Å². The second kappa shape index (κ2) is 6.87. The van der Waals surface area contributed by atoms with Crippen molar-refractivity contribution in [1.29, 1.82) is 0 Å². The van der Waals surface area contributed by atoms with Crippen LogP contribution >= 0.6 is 0 Å². The molecule has 0 aliphatic carbocycles. The van der Waals surface area contributed by atoms with E-state index in [1.54, 1.807) is 36.8 Å². The van der Waals surface area contributed by atoms with Crippen molar-refractivity contribution in [3.63, 3.8) is 0 Å². The Kier molecular flexibility index (Phi) is 4.80. The van der Waals surface area contributed by atoms with Gasteiger partial charge in [-0.15, -0.1) is 0 Å². The minimum absolute atomic E-state index is 0.134. The zero-order valence-electron chi connectivity index (χ0n) is 14.7. The van der Waals surface area contributed by atoms with E-state index in [9.17, 15) is 14.4 Å². The van der Waals surface area contributed by atoms with Crippen molar-refractivity contribution in [3.8, 4) is 0 Å². The topological polar surface area (TPSA) is 83.3 Å². The number of amides is 3. The standard InChI is InChI=1S/C17H23N3O5/c1-11-15(21)19-6-5-18(7-9-24-3)17(23)14(19)10-20(11)16(22)13-4-8-25-12(13)2/h4,8,11,14H,5-7,9-10H2,1-3H3. The normalized spacial score (nSPS) is 23.9. The first-order chi connectivity index (χ1) is 12.0. The lowest BCUT2D eigenvalue weighted by molar-refractivity contribution is -0.160. The molecule has 2 saturated heterocycles. The van der Waals surface area contributed by atoms with Gasteiger partial charge in [0.15, 0.2) is 0 Å².